The average Bonchev–Trinajstić information content (AvgIpc) is 2.84. The monoisotopic (exact) mass is 454 g/mol. The van der Waals surface area contributed by atoms with Gasteiger partial charge >= 0.3 is 12.1 Å². The fourth-order valence-electron chi connectivity index (χ4n) is 3.18. The number of carbonyl (C=O) groups is 3. The van der Waals surface area contributed by atoms with E-state index in [4.69, 9.17) is 14.6 Å². The summed E-state index contributed by atoms with van der Waals surface area (Å²) in [5, 5.41) is 14.4. The lowest BCUT2D eigenvalue weighted by molar-refractivity contribution is -0.123. The average molecular weight is 455 g/mol. The molecule has 0 saturated heterocycles. The van der Waals surface area contributed by atoms with E-state index in [9.17, 15) is 14.4 Å². The van der Waals surface area contributed by atoms with Crippen molar-refractivity contribution in [3.05, 3.63) is 82.9 Å². The summed E-state index contributed by atoms with van der Waals surface area (Å²) < 4.78 is 10.1. The van der Waals surface area contributed by atoms with Gasteiger partial charge in [-0.2, -0.15) is 0 Å². The van der Waals surface area contributed by atoms with Crippen molar-refractivity contribution >= 4 is 18.0 Å². The third-order valence-electron chi connectivity index (χ3n) is 4.93. The number of ether oxygens (including phenoxy) is 2. The van der Waals surface area contributed by atoms with Crippen molar-refractivity contribution in [2.75, 3.05) is 20.3 Å². The Bertz CT molecular complexity index is 957. The minimum atomic E-state index is -0.619. The van der Waals surface area contributed by atoms with E-state index in [1.165, 1.54) is 7.11 Å². The number of hydrogen-bond donors (Lipinski definition) is 3. The molecule has 0 fully saturated rings. The van der Waals surface area contributed by atoms with Gasteiger partial charge < -0.3 is 25.2 Å². The summed E-state index contributed by atoms with van der Waals surface area (Å²) in [7, 11) is 1.31. The van der Waals surface area contributed by atoms with Gasteiger partial charge in [0.25, 0.3) is 0 Å². The van der Waals surface area contributed by atoms with E-state index < -0.39 is 24.0 Å². The quantitative estimate of drug-likeness (QED) is 0.375. The number of aliphatic hydroxyl groups excluding tert-OH is 1. The van der Waals surface area contributed by atoms with Gasteiger partial charge in [-0.1, -0.05) is 55.5 Å². The zero-order valence-corrected chi connectivity index (χ0v) is 19.0. The number of benzene rings is 2. The lowest BCUT2D eigenvalue weighted by Gasteiger charge is -2.21. The second-order valence-electron chi connectivity index (χ2n) is 7.47. The lowest BCUT2D eigenvalue weighted by atomic mass is 9.95. The van der Waals surface area contributed by atoms with Gasteiger partial charge in [0.05, 0.1) is 31.2 Å². The van der Waals surface area contributed by atoms with Crippen LogP contribution in [-0.2, 0) is 20.9 Å². The molecule has 2 aromatic carbocycles. The van der Waals surface area contributed by atoms with Crippen molar-refractivity contribution in [3.8, 4) is 0 Å². The zero-order valence-electron chi connectivity index (χ0n) is 19.0. The molecule has 0 heterocycles. The molecule has 3 N–H and O–H groups in total. The maximum atomic E-state index is 12.5. The van der Waals surface area contributed by atoms with E-state index in [0.717, 1.165) is 5.56 Å². The largest absolute Gasteiger partial charge is 0.465 e. The van der Waals surface area contributed by atoms with Crippen molar-refractivity contribution in [3.63, 3.8) is 0 Å². The minimum Gasteiger partial charge on any atom is -0.465 e. The number of hydrogen-bond acceptors (Lipinski definition) is 6. The first-order valence-electron chi connectivity index (χ1n) is 10.6. The third kappa shape index (κ3) is 8.08. The van der Waals surface area contributed by atoms with Gasteiger partial charge in [0.15, 0.2) is 0 Å². The van der Waals surface area contributed by atoms with E-state index >= 15 is 0 Å². The highest BCUT2D eigenvalue weighted by Crippen LogP contribution is 2.24. The first kappa shape index (κ1) is 25.6. The Labute approximate surface area is 193 Å². The molecule has 0 aromatic heterocycles. The van der Waals surface area contributed by atoms with Crippen molar-refractivity contribution in [1.82, 2.24) is 10.6 Å². The molecule has 0 saturated carbocycles. The van der Waals surface area contributed by atoms with Crippen LogP contribution in [0.3, 0.4) is 0 Å². The molecule has 8 heteroatoms. The number of esters is 1. The van der Waals surface area contributed by atoms with E-state index in [0.29, 0.717) is 16.7 Å². The highest BCUT2D eigenvalue weighted by molar-refractivity contribution is 5.89. The van der Waals surface area contributed by atoms with Crippen molar-refractivity contribution < 1.29 is 29.0 Å². The van der Waals surface area contributed by atoms with Crippen LogP contribution in [0.2, 0.25) is 0 Å². The van der Waals surface area contributed by atoms with Gasteiger partial charge in [0, 0.05) is 6.54 Å². The molecule has 1 unspecified atom stereocenters. The van der Waals surface area contributed by atoms with Crippen LogP contribution >= 0.6 is 0 Å². The smallest absolute Gasteiger partial charge is 0.408 e. The number of alkyl carbamates (subject to hydrolysis) is 1. The number of methoxy groups -OCH3 is 1. The predicted molar refractivity (Wildman–Crippen MR) is 123 cm³/mol. The molecule has 0 aliphatic heterocycles. The topological polar surface area (TPSA) is 114 Å². The normalized spacial score (nSPS) is 12.9. The first-order valence-corrected chi connectivity index (χ1v) is 10.6. The molecule has 2 atom stereocenters. The highest BCUT2D eigenvalue weighted by atomic mass is 16.5. The highest BCUT2D eigenvalue weighted by Gasteiger charge is 2.20. The van der Waals surface area contributed by atoms with Gasteiger partial charge in [-0.15, -0.1) is 0 Å². The Hall–Kier alpha value is -3.65. The molecule has 2 amide bonds. The number of nitrogens with one attached hydrogen (secondary N) is 2. The summed E-state index contributed by atoms with van der Waals surface area (Å²) in [5.41, 5.74) is 2.65. The second kappa shape index (κ2) is 13.0. The number of carbonyl (C=O) groups excluding carboxylic acids is 3. The summed E-state index contributed by atoms with van der Waals surface area (Å²) in [6.07, 6.45) is 1.12. The Morgan fingerprint density at radius 3 is 2.33 bits per heavy atom. The Morgan fingerprint density at radius 2 is 1.73 bits per heavy atom. The summed E-state index contributed by atoms with van der Waals surface area (Å²) in [5.74, 6) is -1.19. The van der Waals surface area contributed by atoms with Crippen LogP contribution in [-0.4, -0.2) is 43.3 Å². The zero-order chi connectivity index (χ0) is 24.2. The summed E-state index contributed by atoms with van der Waals surface area (Å²) >= 11 is 0. The van der Waals surface area contributed by atoms with Crippen LogP contribution in [0, 0.1) is 5.92 Å². The van der Waals surface area contributed by atoms with Crippen LogP contribution in [0.15, 0.2) is 66.2 Å². The third-order valence-corrected chi connectivity index (χ3v) is 4.93. The SMILES string of the molecule is COC(=O)c1ccc(C(NC(=O)OCc2ccccc2)/C(C)=C/[C@@H](C)C(=O)NCCO)cc1. The number of rotatable bonds is 10. The van der Waals surface area contributed by atoms with Crippen molar-refractivity contribution in [1.29, 1.82) is 0 Å². The van der Waals surface area contributed by atoms with Gasteiger partial charge in [-0.3, -0.25) is 4.79 Å². The van der Waals surface area contributed by atoms with Gasteiger partial charge in [-0.25, -0.2) is 9.59 Å². The molecule has 0 aliphatic carbocycles. The van der Waals surface area contributed by atoms with Gasteiger partial charge in [0.2, 0.25) is 5.91 Å². The summed E-state index contributed by atoms with van der Waals surface area (Å²) in [6, 6.07) is 15.4. The fourth-order valence-corrected chi connectivity index (χ4v) is 3.18. The molecule has 2 rings (SSSR count). The van der Waals surface area contributed by atoms with E-state index in [1.54, 1.807) is 44.2 Å². The molecule has 176 valence electrons. The molecule has 0 aliphatic rings. The first-order chi connectivity index (χ1) is 15.8. The van der Waals surface area contributed by atoms with E-state index in [2.05, 4.69) is 10.6 Å². The van der Waals surface area contributed by atoms with Crippen LogP contribution in [0.5, 0.6) is 0 Å². The van der Waals surface area contributed by atoms with Gasteiger partial charge in [-0.05, 0) is 35.8 Å². The minimum absolute atomic E-state index is 0.114. The van der Waals surface area contributed by atoms with Crippen LogP contribution in [0.1, 0.15) is 41.4 Å². The standard InChI is InChI=1S/C25H30N2O6/c1-17(15-18(2)23(29)26-13-14-28)22(20-9-11-21(12-10-20)24(30)32-3)27-25(31)33-16-19-7-5-4-6-8-19/h4-12,15,18,22,28H,13-14,16H2,1-3H3,(H,26,29)(H,27,31)/b17-15+/t18-,22?/m1/s1. The predicted octanol–water partition coefficient (Wildman–Crippen LogP) is 3.13. The number of amides is 2. The Morgan fingerprint density at radius 1 is 1.06 bits per heavy atom. The molecule has 8 nitrogen and oxygen atoms in total. The Balaban J connectivity index is 2.21. The van der Waals surface area contributed by atoms with Crippen LogP contribution in [0.4, 0.5) is 4.79 Å². The molecule has 0 spiro atoms. The van der Waals surface area contributed by atoms with Crippen molar-refractivity contribution in [2.24, 2.45) is 5.92 Å². The summed E-state index contributed by atoms with van der Waals surface area (Å²) in [6.45, 7) is 3.65. The molecular weight excluding hydrogens is 424 g/mol. The summed E-state index contributed by atoms with van der Waals surface area (Å²) in [4.78, 5) is 36.5. The fraction of sp³-hybridized carbons (Fsp3) is 0.320. The maximum Gasteiger partial charge on any atom is 0.408 e. The molecule has 0 radical (unpaired) electrons. The van der Waals surface area contributed by atoms with Gasteiger partial charge in [0.1, 0.15) is 6.61 Å². The molecular formula is C25H30N2O6. The molecule has 2 aromatic rings. The molecule has 0 bridgehead atoms. The van der Waals surface area contributed by atoms with Crippen LogP contribution in [0.25, 0.3) is 0 Å². The molecule has 33 heavy (non-hydrogen) atoms. The second-order valence-corrected chi connectivity index (χ2v) is 7.47. The number of aliphatic hydroxyl groups is 1. The lowest BCUT2D eigenvalue weighted by Crippen LogP contribution is -2.32. The van der Waals surface area contributed by atoms with Crippen molar-refractivity contribution in [2.45, 2.75) is 26.5 Å². The van der Waals surface area contributed by atoms with E-state index in [1.807, 2.05) is 30.3 Å². The van der Waals surface area contributed by atoms with Crippen LogP contribution < -0.4 is 10.6 Å². The Kier molecular flexibility index (Phi) is 10.1. The maximum absolute atomic E-state index is 12.5. The van der Waals surface area contributed by atoms with E-state index in [-0.39, 0.29) is 25.7 Å².